The lowest BCUT2D eigenvalue weighted by atomic mass is 10.0. The zero-order chi connectivity index (χ0) is 16.6. The Hall–Kier alpha value is -3.12. The van der Waals surface area contributed by atoms with Crippen LogP contribution in [0.15, 0.2) is 73.1 Å². The molecule has 3 aromatic rings. The highest BCUT2D eigenvalue weighted by Crippen LogP contribution is 2.18. The maximum absolute atomic E-state index is 9.07. The van der Waals surface area contributed by atoms with Crippen LogP contribution < -0.4 is 4.74 Å². The van der Waals surface area contributed by atoms with E-state index in [1.807, 2.05) is 30.6 Å². The van der Waals surface area contributed by atoms with Crippen LogP contribution in [-0.2, 0) is 19.4 Å². The predicted molar refractivity (Wildman–Crippen MR) is 93.6 cm³/mol. The summed E-state index contributed by atoms with van der Waals surface area (Å²) in [6, 6.07) is 22.0. The summed E-state index contributed by atoms with van der Waals surface area (Å²) in [4.78, 5) is 4.04. The van der Waals surface area contributed by atoms with Crippen molar-refractivity contribution in [2.24, 2.45) is 0 Å². The highest BCUT2D eigenvalue weighted by atomic mass is 16.5. The van der Waals surface area contributed by atoms with Crippen molar-refractivity contribution in [3.8, 4) is 11.8 Å². The average molecular weight is 314 g/mol. The van der Waals surface area contributed by atoms with E-state index in [4.69, 9.17) is 10.00 Å². The Balaban J connectivity index is 1.56. The summed E-state index contributed by atoms with van der Waals surface area (Å²) in [5.74, 6) is 0.627. The second kappa shape index (κ2) is 7.94. The van der Waals surface area contributed by atoms with Gasteiger partial charge in [0.2, 0.25) is 0 Å². The van der Waals surface area contributed by atoms with Crippen molar-refractivity contribution in [1.29, 1.82) is 5.26 Å². The van der Waals surface area contributed by atoms with Crippen LogP contribution in [0.25, 0.3) is 0 Å². The molecule has 1 aromatic heterocycles. The van der Waals surface area contributed by atoms with Crippen molar-refractivity contribution < 1.29 is 4.74 Å². The quantitative estimate of drug-likeness (QED) is 0.681. The van der Waals surface area contributed by atoms with Gasteiger partial charge >= 0.3 is 0 Å². The Morgan fingerprint density at radius 1 is 0.792 bits per heavy atom. The third kappa shape index (κ3) is 4.21. The largest absolute Gasteiger partial charge is 0.488 e. The molecule has 0 amide bonds. The molecule has 2 aromatic carbocycles. The molecule has 0 bridgehead atoms. The molecular formula is C21H18N2O. The Morgan fingerprint density at radius 2 is 1.42 bits per heavy atom. The van der Waals surface area contributed by atoms with Gasteiger partial charge in [0.1, 0.15) is 18.4 Å². The first-order valence-corrected chi connectivity index (χ1v) is 7.94. The molecule has 0 unspecified atom stereocenters. The van der Waals surface area contributed by atoms with E-state index in [0.717, 1.165) is 18.4 Å². The number of hydrogen-bond donors (Lipinski definition) is 0. The number of ether oxygens (including phenoxy) is 1. The predicted octanol–water partition coefficient (Wildman–Crippen LogP) is 4.32. The van der Waals surface area contributed by atoms with Gasteiger partial charge < -0.3 is 4.74 Å². The second-order valence-electron chi connectivity index (χ2n) is 5.57. The maximum Gasteiger partial charge on any atom is 0.137 e. The van der Waals surface area contributed by atoms with Crippen molar-refractivity contribution in [2.75, 3.05) is 0 Å². The van der Waals surface area contributed by atoms with Crippen molar-refractivity contribution >= 4 is 0 Å². The summed E-state index contributed by atoms with van der Waals surface area (Å²) in [5, 5.41) is 9.07. The van der Waals surface area contributed by atoms with E-state index in [1.165, 1.54) is 11.1 Å². The standard InChI is InChI=1S/C21H18N2O/c22-15-20-3-1-2-4-21(20)24-16-19-9-7-17(8-10-19)5-6-18-11-13-23-14-12-18/h1-4,7-14H,5-6,16H2. The molecule has 24 heavy (non-hydrogen) atoms. The first-order valence-electron chi connectivity index (χ1n) is 7.94. The number of aryl methyl sites for hydroxylation is 2. The third-order valence-corrected chi connectivity index (χ3v) is 3.88. The molecule has 3 nitrogen and oxygen atoms in total. The van der Waals surface area contributed by atoms with E-state index >= 15 is 0 Å². The first kappa shape index (κ1) is 15.8. The second-order valence-corrected chi connectivity index (χ2v) is 5.57. The molecule has 0 radical (unpaired) electrons. The van der Waals surface area contributed by atoms with Gasteiger partial charge in [-0.05, 0) is 53.8 Å². The van der Waals surface area contributed by atoms with Crippen LogP contribution in [0, 0.1) is 11.3 Å². The molecule has 3 rings (SSSR count). The Bertz CT molecular complexity index is 820. The summed E-state index contributed by atoms with van der Waals surface area (Å²) in [6.45, 7) is 0.462. The fourth-order valence-corrected chi connectivity index (χ4v) is 2.49. The van der Waals surface area contributed by atoms with Crippen LogP contribution in [0.1, 0.15) is 22.3 Å². The molecule has 0 atom stereocenters. The van der Waals surface area contributed by atoms with Crippen molar-refractivity contribution in [1.82, 2.24) is 4.98 Å². The SMILES string of the molecule is N#Cc1ccccc1OCc1ccc(CCc2ccncc2)cc1. The Labute approximate surface area is 142 Å². The summed E-state index contributed by atoms with van der Waals surface area (Å²) < 4.78 is 5.75. The average Bonchev–Trinajstić information content (AvgIpc) is 2.66. The Morgan fingerprint density at radius 3 is 2.12 bits per heavy atom. The summed E-state index contributed by atoms with van der Waals surface area (Å²) in [5.41, 5.74) is 4.25. The maximum atomic E-state index is 9.07. The molecule has 0 spiro atoms. The van der Waals surface area contributed by atoms with E-state index in [9.17, 15) is 0 Å². The van der Waals surface area contributed by atoms with Gasteiger partial charge in [-0.3, -0.25) is 4.98 Å². The topological polar surface area (TPSA) is 45.9 Å². The number of rotatable bonds is 6. The van der Waals surface area contributed by atoms with Gasteiger partial charge in [-0.15, -0.1) is 0 Å². The molecule has 0 saturated carbocycles. The summed E-state index contributed by atoms with van der Waals surface area (Å²) in [6.07, 6.45) is 5.67. The summed E-state index contributed by atoms with van der Waals surface area (Å²) >= 11 is 0. The fraction of sp³-hybridized carbons (Fsp3) is 0.143. The smallest absolute Gasteiger partial charge is 0.137 e. The number of nitriles is 1. The van der Waals surface area contributed by atoms with Gasteiger partial charge in [-0.1, -0.05) is 36.4 Å². The molecular weight excluding hydrogens is 296 g/mol. The molecule has 0 fully saturated rings. The molecule has 1 heterocycles. The normalized spacial score (nSPS) is 10.1. The van der Waals surface area contributed by atoms with Gasteiger partial charge in [0.25, 0.3) is 0 Å². The monoisotopic (exact) mass is 314 g/mol. The third-order valence-electron chi connectivity index (χ3n) is 3.88. The zero-order valence-corrected chi connectivity index (χ0v) is 13.4. The lowest BCUT2D eigenvalue weighted by Gasteiger charge is -2.08. The van der Waals surface area contributed by atoms with Crippen LogP contribution in [0.3, 0.4) is 0 Å². The highest BCUT2D eigenvalue weighted by Gasteiger charge is 2.02. The van der Waals surface area contributed by atoms with Gasteiger partial charge in [-0.2, -0.15) is 5.26 Å². The van der Waals surface area contributed by atoms with Crippen molar-refractivity contribution in [2.45, 2.75) is 19.4 Å². The molecule has 118 valence electrons. The molecule has 0 N–H and O–H groups in total. The van der Waals surface area contributed by atoms with Gasteiger partial charge in [0.15, 0.2) is 0 Å². The number of benzene rings is 2. The van der Waals surface area contributed by atoms with Gasteiger partial charge in [0.05, 0.1) is 5.56 Å². The van der Waals surface area contributed by atoms with E-state index in [1.54, 1.807) is 6.07 Å². The highest BCUT2D eigenvalue weighted by molar-refractivity contribution is 5.42. The zero-order valence-electron chi connectivity index (χ0n) is 13.4. The van der Waals surface area contributed by atoms with Crippen LogP contribution >= 0.6 is 0 Å². The van der Waals surface area contributed by atoms with Gasteiger partial charge in [-0.25, -0.2) is 0 Å². The van der Waals surface area contributed by atoms with E-state index in [-0.39, 0.29) is 0 Å². The number of aromatic nitrogens is 1. The molecule has 0 aliphatic carbocycles. The van der Waals surface area contributed by atoms with Crippen LogP contribution in [0.4, 0.5) is 0 Å². The van der Waals surface area contributed by atoms with Crippen molar-refractivity contribution in [3.63, 3.8) is 0 Å². The number of para-hydroxylation sites is 1. The minimum atomic E-state index is 0.462. The molecule has 0 saturated heterocycles. The van der Waals surface area contributed by atoms with Crippen LogP contribution in [0.2, 0.25) is 0 Å². The fourth-order valence-electron chi connectivity index (χ4n) is 2.49. The number of hydrogen-bond acceptors (Lipinski definition) is 3. The van der Waals surface area contributed by atoms with Gasteiger partial charge in [0, 0.05) is 12.4 Å². The van der Waals surface area contributed by atoms with Crippen molar-refractivity contribution in [3.05, 3.63) is 95.3 Å². The first-order chi connectivity index (χ1) is 11.8. The number of pyridine rings is 1. The van der Waals surface area contributed by atoms with E-state index < -0.39 is 0 Å². The lowest BCUT2D eigenvalue weighted by Crippen LogP contribution is -1.98. The minimum Gasteiger partial charge on any atom is -0.488 e. The molecule has 0 aliphatic rings. The van der Waals surface area contributed by atoms with Crippen LogP contribution in [0.5, 0.6) is 5.75 Å². The minimum absolute atomic E-state index is 0.462. The van der Waals surface area contributed by atoms with E-state index in [0.29, 0.717) is 17.9 Å². The van der Waals surface area contributed by atoms with E-state index in [2.05, 4.69) is 47.5 Å². The molecule has 3 heteroatoms. The number of nitrogens with zero attached hydrogens (tertiary/aromatic N) is 2. The van der Waals surface area contributed by atoms with Crippen LogP contribution in [-0.4, -0.2) is 4.98 Å². The molecule has 0 aliphatic heterocycles. The lowest BCUT2D eigenvalue weighted by molar-refractivity contribution is 0.305. The Kier molecular flexibility index (Phi) is 5.21. The summed E-state index contributed by atoms with van der Waals surface area (Å²) in [7, 11) is 0.